The van der Waals surface area contributed by atoms with Crippen molar-refractivity contribution < 1.29 is 23.8 Å². The van der Waals surface area contributed by atoms with Crippen molar-refractivity contribution in [3.8, 4) is 5.75 Å². The minimum absolute atomic E-state index is 0.181. The minimum atomic E-state index is -1.00. The van der Waals surface area contributed by atoms with Crippen LogP contribution >= 0.6 is 0 Å². The lowest BCUT2D eigenvalue weighted by Gasteiger charge is -2.26. The normalized spacial score (nSPS) is 19.4. The largest absolute Gasteiger partial charge is 0.478 e. The van der Waals surface area contributed by atoms with Crippen LogP contribution in [0.25, 0.3) is 0 Å². The summed E-state index contributed by atoms with van der Waals surface area (Å²) in [7, 11) is 1.71. The number of halogens is 1. The van der Waals surface area contributed by atoms with E-state index in [-0.39, 0.29) is 23.3 Å². The molecule has 7 nitrogen and oxygen atoms in total. The van der Waals surface area contributed by atoms with Crippen LogP contribution in [0.3, 0.4) is 0 Å². The molecule has 152 valence electrons. The topological polar surface area (TPSA) is 91.2 Å². The van der Waals surface area contributed by atoms with Crippen LogP contribution in [-0.2, 0) is 4.79 Å². The first-order valence-corrected chi connectivity index (χ1v) is 9.10. The maximum absolute atomic E-state index is 13.1. The summed E-state index contributed by atoms with van der Waals surface area (Å²) in [6, 6.07) is 11.6. The number of hydrogen-bond donors (Lipinski definition) is 2. The van der Waals surface area contributed by atoms with E-state index in [2.05, 4.69) is 10.4 Å². The number of hydrazone groups is 1. The van der Waals surface area contributed by atoms with Gasteiger partial charge in [-0.3, -0.25) is 9.80 Å². The first-order chi connectivity index (χ1) is 13.8. The highest BCUT2D eigenvalue weighted by Gasteiger charge is 2.41. The molecular weight excluding hydrogens is 377 g/mol. The number of benzene rings is 2. The van der Waals surface area contributed by atoms with Crippen LogP contribution < -0.4 is 10.1 Å². The Morgan fingerprint density at radius 2 is 1.79 bits per heavy atom. The Labute approximate surface area is 167 Å². The molecule has 3 rings (SSSR count). The third-order valence-electron chi connectivity index (χ3n) is 4.79. The van der Waals surface area contributed by atoms with Gasteiger partial charge in [-0.05, 0) is 55.8 Å². The second kappa shape index (κ2) is 8.30. The summed E-state index contributed by atoms with van der Waals surface area (Å²) in [5.41, 5.74) is 1.56. The van der Waals surface area contributed by atoms with Gasteiger partial charge < -0.3 is 15.2 Å². The highest BCUT2D eigenvalue weighted by atomic mass is 19.1. The summed E-state index contributed by atoms with van der Waals surface area (Å²) in [5, 5.41) is 17.8. The number of ether oxygens (including phenoxy) is 1. The van der Waals surface area contributed by atoms with E-state index in [0.717, 1.165) is 5.56 Å². The van der Waals surface area contributed by atoms with Gasteiger partial charge in [-0.1, -0.05) is 12.1 Å². The first-order valence-electron chi connectivity index (χ1n) is 9.10. The summed E-state index contributed by atoms with van der Waals surface area (Å²) in [6.45, 7) is 3.57. The van der Waals surface area contributed by atoms with Crippen molar-refractivity contribution in [2.24, 2.45) is 11.0 Å². The molecule has 0 spiro atoms. The fourth-order valence-electron chi connectivity index (χ4n) is 3.21. The van der Waals surface area contributed by atoms with Crippen molar-refractivity contribution in [1.82, 2.24) is 10.3 Å². The van der Waals surface area contributed by atoms with Gasteiger partial charge in [0.15, 0.2) is 0 Å². The van der Waals surface area contributed by atoms with E-state index in [1.807, 2.05) is 6.92 Å². The molecule has 3 atom stereocenters. The molecule has 8 heteroatoms. The number of nitrogens with zero attached hydrogens (tertiary/aromatic N) is 2. The lowest BCUT2D eigenvalue weighted by Crippen LogP contribution is -2.45. The standard InChI is InChI=1S/C21H22FN3O4/c1-12(14-4-6-15(7-5-14)21(27)28)23-19(26)18-13(2)24-25(3)20(18)29-17-10-8-16(22)9-11-17/h4-12,18,20H,1-3H3,(H,23,26)(H,27,28)/t12-,18?,20?/m0/s1. The van der Waals surface area contributed by atoms with Gasteiger partial charge >= 0.3 is 5.97 Å². The molecule has 29 heavy (non-hydrogen) atoms. The van der Waals surface area contributed by atoms with Crippen molar-refractivity contribution in [1.29, 1.82) is 0 Å². The molecule has 0 aliphatic carbocycles. The second-order valence-electron chi connectivity index (χ2n) is 6.91. The van der Waals surface area contributed by atoms with Crippen LogP contribution in [0.2, 0.25) is 0 Å². The van der Waals surface area contributed by atoms with Gasteiger partial charge in [-0.25, -0.2) is 9.18 Å². The predicted molar refractivity (Wildman–Crippen MR) is 105 cm³/mol. The average Bonchev–Trinajstić information content (AvgIpc) is 2.96. The van der Waals surface area contributed by atoms with Crippen LogP contribution in [-0.4, -0.2) is 41.0 Å². The molecule has 1 amide bonds. The molecule has 0 bridgehead atoms. The molecule has 0 fully saturated rings. The molecular formula is C21H22FN3O4. The number of nitrogens with one attached hydrogen (secondary N) is 1. The van der Waals surface area contributed by atoms with Gasteiger partial charge in [-0.2, -0.15) is 5.10 Å². The monoisotopic (exact) mass is 399 g/mol. The molecule has 1 aliphatic rings. The Bertz CT molecular complexity index is 928. The van der Waals surface area contributed by atoms with Crippen LogP contribution in [0.4, 0.5) is 4.39 Å². The Hall–Kier alpha value is -3.42. The SMILES string of the molecule is CC1=NN(C)C(Oc2ccc(F)cc2)C1C(=O)N[C@@H](C)c1ccc(C(=O)O)cc1. The smallest absolute Gasteiger partial charge is 0.335 e. The van der Waals surface area contributed by atoms with Crippen molar-refractivity contribution in [2.45, 2.75) is 26.1 Å². The van der Waals surface area contributed by atoms with E-state index in [1.54, 1.807) is 31.1 Å². The quantitative estimate of drug-likeness (QED) is 0.779. The summed E-state index contributed by atoms with van der Waals surface area (Å²) in [6.07, 6.45) is -0.665. The van der Waals surface area contributed by atoms with E-state index in [4.69, 9.17) is 9.84 Å². The third kappa shape index (κ3) is 4.53. The molecule has 2 aromatic carbocycles. The molecule has 0 saturated carbocycles. The van der Waals surface area contributed by atoms with Gasteiger partial charge in [0, 0.05) is 7.05 Å². The van der Waals surface area contributed by atoms with Crippen LogP contribution in [0.15, 0.2) is 53.6 Å². The van der Waals surface area contributed by atoms with Crippen molar-refractivity contribution in [3.05, 3.63) is 65.5 Å². The zero-order valence-corrected chi connectivity index (χ0v) is 16.3. The molecule has 2 aromatic rings. The zero-order chi connectivity index (χ0) is 21.1. The maximum Gasteiger partial charge on any atom is 0.335 e. The van der Waals surface area contributed by atoms with Crippen molar-refractivity contribution in [2.75, 3.05) is 7.05 Å². The lowest BCUT2D eigenvalue weighted by molar-refractivity contribution is -0.127. The molecule has 1 aliphatic heterocycles. The van der Waals surface area contributed by atoms with Crippen LogP contribution in [0, 0.1) is 11.7 Å². The number of aromatic carboxylic acids is 1. The van der Waals surface area contributed by atoms with Gasteiger partial charge in [0.25, 0.3) is 0 Å². The highest BCUT2D eigenvalue weighted by molar-refractivity contribution is 6.04. The summed E-state index contributed by atoms with van der Waals surface area (Å²) in [5.74, 6) is -1.86. The highest BCUT2D eigenvalue weighted by Crippen LogP contribution is 2.26. The van der Waals surface area contributed by atoms with Gasteiger partial charge in [0.05, 0.1) is 17.3 Å². The zero-order valence-electron chi connectivity index (χ0n) is 16.3. The Morgan fingerprint density at radius 1 is 1.17 bits per heavy atom. The average molecular weight is 399 g/mol. The van der Waals surface area contributed by atoms with E-state index in [9.17, 15) is 14.0 Å². The van der Waals surface area contributed by atoms with Crippen LogP contribution in [0.1, 0.15) is 35.8 Å². The Morgan fingerprint density at radius 3 is 2.38 bits per heavy atom. The number of carbonyl (C=O) groups is 2. The van der Waals surface area contributed by atoms with Gasteiger partial charge in [0.2, 0.25) is 12.1 Å². The predicted octanol–water partition coefficient (Wildman–Crippen LogP) is 3.04. The van der Waals surface area contributed by atoms with Crippen molar-refractivity contribution in [3.63, 3.8) is 0 Å². The summed E-state index contributed by atoms with van der Waals surface area (Å²) in [4.78, 5) is 23.9. The fraction of sp³-hybridized carbons (Fsp3) is 0.286. The fourth-order valence-corrected chi connectivity index (χ4v) is 3.21. The van der Waals surface area contributed by atoms with E-state index >= 15 is 0 Å². The molecule has 0 aromatic heterocycles. The minimum Gasteiger partial charge on any atom is -0.478 e. The molecule has 0 radical (unpaired) electrons. The maximum atomic E-state index is 13.1. The number of carboxylic acids is 1. The van der Waals surface area contributed by atoms with E-state index in [0.29, 0.717) is 11.5 Å². The number of carbonyl (C=O) groups excluding carboxylic acids is 1. The van der Waals surface area contributed by atoms with E-state index in [1.165, 1.54) is 36.4 Å². The number of amides is 1. The van der Waals surface area contributed by atoms with Crippen molar-refractivity contribution >= 4 is 17.6 Å². The van der Waals surface area contributed by atoms with Gasteiger partial charge in [-0.15, -0.1) is 0 Å². The number of carboxylic acid groups (broad SMARTS) is 1. The lowest BCUT2D eigenvalue weighted by atomic mass is 10.0. The number of rotatable bonds is 6. The van der Waals surface area contributed by atoms with Gasteiger partial charge in [0.1, 0.15) is 17.5 Å². The summed E-state index contributed by atoms with van der Waals surface area (Å²) < 4.78 is 19.0. The van der Waals surface area contributed by atoms with Crippen LogP contribution in [0.5, 0.6) is 5.75 Å². The Kier molecular flexibility index (Phi) is 5.81. The molecule has 1 heterocycles. The molecule has 2 N–H and O–H groups in total. The second-order valence-corrected chi connectivity index (χ2v) is 6.91. The Balaban J connectivity index is 1.72. The molecule has 2 unspecified atom stereocenters. The molecule has 0 saturated heterocycles. The summed E-state index contributed by atoms with van der Waals surface area (Å²) >= 11 is 0. The first kappa shape index (κ1) is 20.3. The number of hydrogen-bond acceptors (Lipinski definition) is 5. The van der Waals surface area contributed by atoms with E-state index < -0.39 is 18.1 Å². The third-order valence-corrected chi connectivity index (χ3v) is 4.79.